The summed E-state index contributed by atoms with van der Waals surface area (Å²) in [7, 11) is 0. The fraction of sp³-hybridized carbons (Fsp3) is 0.350. The SMILES string of the molecule is Cc1cc([C@H]2Nc3ccccc3C(=O)N2C2CC2)cc(C)c1OC(F)F. The Hall–Kier alpha value is -2.63. The van der Waals surface area contributed by atoms with Gasteiger partial charge in [-0.1, -0.05) is 12.1 Å². The van der Waals surface area contributed by atoms with E-state index in [9.17, 15) is 13.6 Å². The predicted octanol–water partition coefficient (Wildman–Crippen LogP) is 4.63. The molecule has 1 heterocycles. The molecule has 0 radical (unpaired) electrons. The third kappa shape index (κ3) is 2.89. The van der Waals surface area contributed by atoms with Crippen molar-refractivity contribution < 1.29 is 18.3 Å². The number of nitrogens with zero attached hydrogens (tertiary/aromatic N) is 1. The number of ether oxygens (including phenoxy) is 1. The Morgan fingerprint density at radius 1 is 1.15 bits per heavy atom. The Labute approximate surface area is 150 Å². The van der Waals surface area contributed by atoms with E-state index in [1.807, 2.05) is 41.3 Å². The van der Waals surface area contributed by atoms with Crippen molar-refractivity contribution in [2.75, 3.05) is 5.32 Å². The van der Waals surface area contributed by atoms with Gasteiger partial charge in [-0.3, -0.25) is 4.79 Å². The highest BCUT2D eigenvalue weighted by Crippen LogP contribution is 2.42. The Morgan fingerprint density at radius 3 is 2.42 bits per heavy atom. The van der Waals surface area contributed by atoms with E-state index in [1.165, 1.54) is 0 Å². The topological polar surface area (TPSA) is 41.6 Å². The van der Waals surface area contributed by atoms with E-state index in [0.717, 1.165) is 24.1 Å². The molecular formula is C20H20F2N2O2. The number of halogens is 2. The summed E-state index contributed by atoms with van der Waals surface area (Å²) in [6.07, 6.45) is 1.65. The van der Waals surface area contributed by atoms with Crippen LogP contribution in [0.15, 0.2) is 36.4 Å². The van der Waals surface area contributed by atoms with E-state index in [0.29, 0.717) is 16.7 Å². The molecule has 0 saturated heterocycles. The lowest BCUT2D eigenvalue weighted by Crippen LogP contribution is -2.44. The molecule has 4 nitrogen and oxygen atoms in total. The third-order valence-corrected chi connectivity index (χ3v) is 4.91. The second-order valence-corrected chi connectivity index (χ2v) is 6.90. The molecule has 1 amide bonds. The minimum absolute atomic E-state index is 0.00932. The maximum atomic E-state index is 13.0. The first-order valence-electron chi connectivity index (χ1n) is 8.70. The molecule has 1 saturated carbocycles. The van der Waals surface area contributed by atoms with Crippen LogP contribution in [0.4, 0.5) is 14.5 Å². The van der Waals surface area contributed by atoms with Crippen LogP contribution in [0.1, 0.15) is 46.1 Å². The van der Waals surface area contributed by atoms with Crippen LogP contribution in [0.3, 0.4) is 0 Å². The standard InChI is InChI=1S/C20H20F2N2O2/c1-11-9-13(10-12(2)17(11)26-20(21)22)18-23-16-6-4-3-5-15(16)19(25)24(18)14-7-8-14/h3-6,9-10,14,18,20,23H,7-8H2,1-2H3/t18-/m0/s1. The number of aryl methyl sites for hydroxylation is 2. The molecule has 26 heavy (non-hydrogen) atoms. The van der Waals surface area contributed by atoms with Gasteiger partial charge in [0.1, 0.15) is 11.9 Å². The number of amides is 1. The highest BCUT2D eigenvalue weighted by molar-refractivity contribution is 6.02. The highest BCUT2D eigenvalue weighted by Gasteiger charge is 2.42. The number of fused-ring (bicyclic) bond motifs is 1. The molecule has 2 aromatic rings. The summed E-state index contributed by atoms with van der Waals surface area (Å²) in [6, 6.07) is 11.3. The largest absolute Gasteiger partial charge is 0.434 e. The van der Waals surface area contributed by atoms with Crippen molar-refractivity contribution in [3.63, 3.8) is 0 Å². The van der Waals surface area contributed by atoms with Gasteiger partial charge in [0.15, 0.2) is 0 Å². The summed E-state index contributed by atoms with van der Waals surface area (Å²) in [5.74, 6) is 0.208. The molecule has 0 aromatic heterocycles. The van der Waals surface area contributed by atoms with Gasteiger partial charge in [-0.25, -0.2) is 0 Å². The minimum atomic E-state index is -2.86. The van der Waals surface area contributed by atoms with Gasteiger partial charge in [0.2, 0.25) is 0 Å². The summed E-state index contributed by atoms with van der Waals surface area (Å²) < 4.78 is 29.9. The molecule has 1 aliphatic heterocycles. The molecule has 6 heteroatoms. The molecule has 2 aromatic carbocycles. The first-order chi connectivity index (χ1) is 12.5. The minimum Gasteiger partial charge on any atom is -0.434 e. The van der Waals surface area contributed by atoms with Gasteiger partial charge in [-0.15, -0.1) is 0 Å². The van der Waals surface area contributed by atoms with Gasteiger partial charge < -0.3 is 15.0 Å². The van der Waals surface area contributed by atoms with Crippen LogP contribution in [0.25, 0.3) is 0 Å². The van der Waals surface area contributed by atoms with Crippen LogP contribution < -0.4 is 10.1 Å². The quantitative estimate of drug-likeness (QED) is 0.866. The van der Waals surface area contributed by atoms with Gasteiger partial charge in [-0.05, 0) is 67.6 Å². The molecule has 4 rings (SSSR count). The molecule has 1 fully saturated rings. The van der Waals surface area contributed by atoms with Gasteiger partial charge >= 0.3 is 6.61 Å². The van der Waals surface area contributed by atoms with Gasteiger partial charge in [0.05, 0.1) is 5.56 Å². The number of alkyl halides is 2. The van der Waals surface area contributed by atoms with Crippen molar-refractivity contribution in [1.82, 2.24) is 4.90 Å². The zero-order chi connectivity index (χ0) is 18.4. The average Bonchev–Trinajstić information content (AvgIpc) is 3.42. The van der Waals surface area contributed by atoms with Crippen molar-refractivity contribution in [2.45, 2.75) is 45.5 Å². The van der Waals surface area contributed by atoms with E-state index in [-0.39, 0.29) is 23.9 Å². The van der Waals surface area contributed by atoms with Crippen molar-refractivity contribution in [1.29, 1.82) is 0 Å². The smallest absolute Gasteiger partial charge is 0.387 e. The molecule has 1 atom stereocenters. The van der Waals surface area contributed by atoms with Crippen molar-refractivity contribution in [2.24, 2.45) is 0 Å². The number of carbonyl (C=O) groups is 1. The van der Waals surface area contributed by atoms with Crippen LogP contribution in [0.5, 0.6) is 5.75 Å². The monoisotopic (exact) mass is 358 g/mol. The fourth-order valence-electron chi connectivity index (χ4n) is 3.66. The number of para-hydroxylation sites is 1. The second-order valence-electron chi connectivity index (χ2n) is 6.90. The van der Waals surface area contributed by atoms with Gasteiger partial charge in [-0.2, -0.15) is 8.78 Å². The molecule has 0 bridgehead atoms. The lowest BCUT2D eigenvalue weighted by atomic mass is 9.99. The number of rotatable bonds is 4. The lowest BCUT2D eigenvalue weighted by molar-refractivity contribution is -0.0507. The Balaban J connectivity index is 1.75. The van der Waals surface area contributed by atoms with Crippen LogP contribution in [0.2, 0.25) is 0 Å². The van der Waals surface area contributed by atoms with Crippen LogP contribution in [0, 0.1) is 13.8 Å². The van der Waals surface area contributed by atoms with Crippen molar-refractivity contribution in [3.8, 4) is 5.75 Å². The number of nitrogens with one attached hydrogen (secondary N) is 1. The van der Waals surface area contributed by atoms with Crippen LogP contribution >= 0.6 is 0 Å². The van der Waals surface area contributed by atoms with E-state index in [2.05, 4.69) is 10.1 Å². The average molecular weight is 358 g/mol. The molecule has 0 spiro atoms. The van der Waals surface area contributed by atoms with Crippen molar-refractivity contribution in [3.05, 3.63) is 58.7 Å². The number of hydrogen-bond acceptors (Lipinski definition) is 3. The fourth-order valence-corrected chi connectivity index (χ4v) is 3.66. The van der Waals surface area contributed by atoms with Crippen LogP contribution in [-0.4, -0.2) is 23.5 Å². The van der Waals surface area contributed by atoms with Gasteiger partial charge in [0, 0.05) is 11.7 Å². The maximum absolute atomic E-state index is 13.0. The maximum Gasteiger partial charge on any atom is 0.387 e. The molecule has 2 aliphatic rings. The lowest BCUT2D eigenvalue weighted by Gasteiger charge is -2.38. The Kier molecular flexibility index (Phi) is 4.05. The second kappa shape index (κ2) is 6.27. The zero-order valence-electron chi connectivity index (χ0n) is 14.6. The zero-order valence-corrected chi connectivity index (χ0v) is 14.6. The summed E-state index contributed by atoms with van der Waals surface area (Å²) in [6.45, 7) is 0.630. The van der Waals surface area contributed by atoms with Gasteiger partial charge in [0.25, 0.3) is 5.91 Å². The number of carbonyl (C=O) groups excluding carboxylic acids is 1. The molecule has 136 valence electrons. The normalized spacial score (nSPS) is 19.3. The third-order valence-electron chi connectivity index (χ3n) is 4.91. The summed E-state index contributed by atoms with van der Waals surface area (Å²) in [4.78, 5) is 14.9. The highest BCUT2D eigenvalue weighted by atomic mass is 19.3. The van der Waals surface area contributed by atoms with Crippen molar-refractivity contribution >= 4 is 11.6 Å². The molecule has 1 aliphatic carbocycles. The summed E-state index contributed by atoms with van der Waals surface area (Å²) in [5.41, 5.74) is 3.59. The van der Waals surface area contributed by atoms with Crippen LogP contribution in [-0.2, 0) is 0 Å². The predicted molar refractivity (Wildman–Crippen MR) is 94.5 cm³/mol. The Morgan fingerprint density at radius 2 is 1.81 bits per heavy atom. The number of anilines is 1. The van der Waals surface area contributed by atoms with E-state index in [1.54, 1.807) is 13.8 Å². The van der Waals surface area contributed by atoms with E-state index in [4.69, 9.17) is 0 Å². The molecular weight excluding hydrogens is 338 g/mol. The number of benzene rings is 2. The molecule has 1 N–H and O–H groups in total. The molecule has 0 unspecified atom stereocenters. The first-order valence-corrected chi connectivity index (χ1v) is 8.70. The number of hydrogen-bond donors (Lipinski definition) is 1. The Bertz CT molecular complexity index is 842. The van der Waals surface area contributed by atoms with E-state index < -0.39 is 6.61 Å². The summed E-state index contributed by atoms with van der Waals surface area (Å²) in [5, 5.41) is 3.45. The van der Waals surface area contributed by atoms with E-state index >= 15 is 0 Å². The summed E-state index contributed by atoms with van der Waals surface area (Å²) >= 11 is 0. The first kappa shape index (κ1) is 16.8.